The van der Waals surface area contributed by atoms with Crippen LogP contribution in [0, 0.1) is 5.92 Å². The Balaban J connectivity index is 2.32. The summed E-state index contributed by atoms with van der Waals surface area (Å²) in [6, 6.07) is 0. The molecule has 1 amide bonds. The third-order valence-corrected chi connectivity index (χ3v) is 4.51. The quantitative estimate of drug-likeness (QED) is 0.529. The summed E-state index contributed by atoms with van der Waals surface area (Å²) < 4.78 is 5.33. The number of morpholine rings is 1. The minimum atomic E-state index is 0.357. The van der Waals surface area contributed by atoms with Crippen LogP contribution in [0.1, 0.15) is 78.1 Å². The van der Waals surface area contributed by atoms with Crippen LogP contribution in [0.25, 0.3) is 0 Å². The second kappa shape index (κ2) is 12.0. The van der Waals surface area contributed by atoms with Crippen LogP contribution in [-0.4, -0.2) is 37.1 Å². The van der Waals surface area contributed by atoms with Crippen LogP contribution in [0.4, 0.5) is 0 Å². The zero-order valence-electron chi connectivity index (χ0n) is 14.2. The lowest BCUT2D eigenvalue weighted by molar-refractivity contribution is -0.136. The van der Waals surface area contributed by atoms with E-state index in [4.69, 9.17) is 4.74 Å². The van der Waals surface area contributed by atoms with Crippen LogP contribution >= 0.6 is 0 Å². The molecule has 3 heteroatoms. The van der Waals surface area contributed by atoms with Crippen molar-refractivity contribution in [1.29, 1.82) is 0 Å². The van der Waals surface area contributed by atoms with Gasteiger partial charge in [0, 0.05) is 19.5 Å². The van der Waals surface area contributed by atoms with Gasteiger partial charge in [-0.15, -0.1) is 0 Å². The largest absolute Gasteiger partial charge is 0.378 e. The molecule has 0 aromatic rings. The Hall–Kier alpha value is -0.570. The summed E-state index contributed by atoms with van der Waals surface area (Å²) in [5.74, 6) is 0.957. The summed E-state index contributed by atoms with van der Waals surface area (Å²) in [6.45, 7) is 7.49. The fourth-order valence-corrected chi connectivity index (χ4v) is 3.08. The van der Waals surface area contributed by atoms with Crippen molar-refractivity contribution in [3.8, 4) is 0 Å². The van der Waals surface area contributed by atoms with E-state index in [0.29, 0.717) is 25.0 Å². The molecule has 0 saturated carbocycles. The topological polar surface area (TPSA) is 29.5 Å². The van der Waals surface area contributed by atoms with Crippen molar-refractivity contribution in [3.63, 3.8) is 0 Å². The van der Waals surface area contributed by atoms with Crippen molar-refractivity contribution in [3.05, 3.63) is 0 Å². The fraction of sp³-hybridized carbons (Fsp3) is 0.944. The van der Waals surface area contributed by atoms with Gasteiger partial charge >= 0.3 is 0 Å². The number of rotatable bonds is 11. The third kappa shape index (κ3) is 8.45. The Morgan fingerprint density at radius 1 is 0.952 bits per heavy atom. The van der Waals surface area contributed by atoms with Crippen molar-refractivity contribution in [2.75, 3.05) is 26.3 Å². The van der Waals surface area contributed by atoms with E-state index < -0.39 is 0 Å². The van der Waals surface area contributed by atoms with Gasteiger partial charge in [-0.3, -0.25) is 4.79 Å². The van der Waals surface area contributed by atoms with Gasteiger partial charge in [-0.1, -0.05) is 58.8 Å². The molecule has 0 bridgehead atoms. The highest BCUT2D eigenvalue weighted by Gasteiger charge is 2.20. The minimum Gasteiger partial charge on any atom is -0.378 e. The zero-order valence-corrected chi connectivity index (χ0v) is 14.2. The first-order valence-electron chi connectivity index (χ1n) is 9.13. The molecule has 1 rings (SSSR count). The Kier molecular flexibility index (Phi) is 10.6. The smallest absolute Gasteiger partial charge is 0.223 e. The second-order valence-corrected chi connectivity index (χ2v) is 6.41. The number of amides is 1. The summed E-state index contributed by atoms with van der Waals surface area (Å²) in [5, 5.41) is 0. The van der Waals surface area contributed by atoms with Gasteiger partial charge < -0.3 is 9.64 Å². The molecule has 1 unspecified atom stereocenters. The van der Waals surface area contributed by atoms with Gasteiger partial charge in [0.2, 0.25) is 5.91 Å². The molecule has 124 valence electrons. The monoisotopic (exact) mass is 297 g/mol. The first-order valence-corrected chi connectivity index (χ1v) is 9.13. The second-order valence-electron chi connectivity index (χ2n) is 6.41. The highest BCUT2D eigenvalue weighted by molar-refractivity contribution is 5.76. The maximum Gasteiger partial charge on any atom is 0.223 e. The third-order valence-electron chi connectivity index (χ3n) is 4.51. The zero-order chi connectivity index (χ0) is 15.3. The van der Waals surface area contributed by atoms with Crippen LogP contribution in [0.3, 0.4) is 0 Å². The Morgan fingerprint density at radius 3 is 2.14 bits per heavy atom. The summed E-state index contributed by atoms with van der Waals surface area (Å²) in [5.41, 5.74) is 0. The maximum atomic E-state index is 12.4. The molecular formula is C18H35NO2. The average molecular weight is 297 g/mol. The molecule has 0 aromatic heterocycles. The number of ether oxygens (including phenoxy) is 1. The van der Waals surface area contributed by atoms with E-state index in [0.717, 1.165) is 19.5 Å². The predicted octanol–water partition coefficient (Wildman–Crippen LogP) is 4.40. The van der Waals surface area contributed by atoms with Crippen molar-refractivity contribution >= 4 is 5.91 Å². The van der Waals surface area contributed by atoms with E-state index in [9.17, 15) is 4.79 Å². The number of hydrogen-bond donors (Lipinski definition) is 0. The van der Waals surface area contributed by atoms with E-state index >= 15 is 0 Å². The maximum absolute atomic E-state index is 12.4. The molecule has 0 N–H and O–H groups in total. The average Bonchev–Trinajstić information content (AvgIpc) is 2.52. The molecule has 0 aromatic carbocycles. The molecule has 0 aliphatic carbocycles. The summed E-state index contributed by atoms with van der Waals surface area (Å²) in [4.78, 5) is 14.4. The minimum absolute atomic E-state index is 0.357. The van der Waals surface area contributed by atoms with E-state index in [1.54, 1.807) is 0 Å². The van der Waals surface area contributed by atoms with Crippen LogP contribution in [0.5, 0.6) is 0 Å². The molecule has 1 heterocycles. The van der Waals surface area contributed by atoms with E-state index in [-0.39, 0.29) is 0 Å². The van der Waals surface area contributed by atoms with Gasteiger partial charge in [-0.05, 0) is 18.8 Å². The fourth-order valence-electron chi connectivity index (χ4n) is 3.08. The summed E-state index contributed by atoms with van der Waals surface area (Å²) >= 11 is 0. The van der Waals surface area contributed by atoms with Crippen LogP contribution in [0.15, 0.2) is 0 Å². The van der Waals surface area contributed by atoms with E-state index in [2.05, 4.69) is 13.8 Å². The standard InChI is InChI=1S/C18H35NO2/c1-3-5-7-9-11-17(10-8-6-4-2)16-18(20)19-12-14-21-15-13-19/h17H,3-16H2,1-2H3. The van der Waals surface area contributed by atoms with Gasteiger partial charge in [0.05, 0.1) is 13.2 Å². The lowest BCUT2D eigenvalue weighted by Crippen LogP contribution is -2.41. The predicted molar refractivity (Wildman–Crippen MR) is 88.4 cm³/mol. The molecule has 3 nitrogen and oxygen atoms in total. The molecular weight excluding hydrogens is 262 g/mol. The first kappa shape index (κ1) is 18.5. The number of hydrogen-bond acceptors (Lipinski definition) is 2. The van der Waals surface area contributed by atoms with Gasteiger partial charge in [0.25, 0.3) is 0 Å². The van der Waals surface area contributed by atoms with Crippen LogP contribution in [-0.2, 0) is 9.53 Å². The van der Waals surface area contributed by atoms with Gasteiger partial charge in [0.1, 0.15) is 0 Å². The molecule has 1 aliphatic heterocycles. The van der Waals surface area contributed by atoms with Crippen LogP contribution < -0.4 is 0 Å². The highest BCUT2D eigenvalue weighted by Crippen LogP contribution is 2.22. The molecule has 0 spiro atoms. The number of carbonyl (C=O) groups excluding carboxylic acids is 1. The first-order chi connectivity index (χ1) is 10.3. The number of carbonyl (C=O) groups is 1. The molecule has 1 atom stereocenters. The molecule has 0 radical (unpaired) electrons. The van der Waals surface area contributed by atoms with Crippen molar-refractivity contribution in [2.45, 2.75) is 78.1 Å². The van der Waals surface area contributed by atoms with Crippen molar-refractivity contribution in [2.24, 2.45) is 5.92 Å². The van der Waals surface area contributed by atoms with Gasteiger partial charge in [0.15, 0.2) is 0 Å². The van der Waals surface area contributed by atoms with E-state index in [1.807, 2.05) is 4.90 Å². The Bertz CT molecular complexity index is 262. The SMILES string of the molecule is CCCCCCC(CCCCC)CC(=O)N1CCOCC1. The molecule has 1 fully saturated rings. The number of unbranched alkanes of at least 4 members (excludes halogenated alkanes) is 5. The van der Waals surface area contributed by atoms with Crippen molar-refractivity contribution in [1.82, 2.24) is 4.90 Å². The lowest BCUT2D eigenvalue weighted by Gasteiger charge is -2.28. The Labute approximate surface area is 131 Å². The molecule has 1 aliphatic rings. The number of nitrogens with zero attached hydrogens (tertiary/aromatic N) is 1. The highest BCUT2D eigenvalue weighted by atomic mass is 16.5. The summed E-state index contributed by atoms with van der Waals surface area (Å²) in [7, 11) is 0. The molecule has 1 saturated heterocycles. The molecule has 21 heavy (non-hydrogen) atoms. The van der Waals surface area contributed by atoms with Crippen LogP contribution in [0.2, 0.25) is 0 Å². The van der Waals surface area contributed by atoms with Crippen molar-refractivity contribution < 1.29 is 9.53 Å². The van der Waals surface area contributed by atoms with Gasteiger partial charge in [-0.2, -0.15) is 0 Å². The Morgan fingerprint density at radius 2 is 1.52 bits per heavy atom. The van der Waals surface area contributed by atoms with Gasteiger partial charge in [-0.25, -0.2) is 0 Å². The summed E-state index contributed by atoms with van der Waals surface area (Å²) in [6.07, 6.45) is 12.3. The van der Waals surface area contributed by atoms with E-state index in [1.165, 1.54) is 57.8 Å². The lowest BCUT2D eigenvalue weighted by atomic mass is 9.91. The normalized spacial score (nSPS) is 17.0.